The van der Waals surface area contributed by atoms with Crippen LogP contribution in [-0.4, -0.2) is 20.4 Å². The lowest BCUT2D eigenvalue weighted by molar-refractivity contribution is -0.119. The Morgan fingerprint density at radius 2 is 2.24 bits per heavy atom. The predicted octanol–water partition coefficient (Wildman–Crippen LogP) is 3.55. The Bertz CT molecular complexity index is 908. The standard InChI is InChI=1S/C16H16ClN5O2S/c1-9(21-10(2)23)13-7-22(8-20-13)15-6-19-16(25-15)24-14-4-3-11(18)5-12(14)17/h3-9H,18H2,1-2H3,(H,21,23). The fourth-order valence-electron chi connectivity index (χ4n) is 2.17. The first kappa shape index (κ1) is 17.2. The lowest BCUT2D eigenvalue weighted by Crippen LogP contribution is -2.23. The maximum Gasteiger partial charge on any atom is 0.280 e. The van der Waals surface area contributed by atoms with Crippen LogP contribution in [0.2, 0.25) is 5.02 Å². The number of nitrogens with zero attached hydrogens (tertiary/aromatic N) is 3. The smallest absolute Gasteiger partial charge is 0.280 e. The summed E-state index contributed by atoms with van der Waals surface area (Å²) in [5.74, 6) is 0.387. The van der Waals surface area contributed by atoms with Crippen molar-refractivity contribution in [2.75, 3.05) is 5.73 Å². The van der Waals surface area contributed by atoms with Crippen LogP contribution < -0.4 is 15.8 Å². The molecular formula is C16H16ClN5O2S. The number of hydrogen-bond donors (Lipinski definition) is 2. The van der Waals surface area contributed by atoms with E-state index in [1.807, 2.05) is 17.7 Å². The normalized spacial score (nSPS) is 12.0. The highest BCUT2D eigenvalue weighted by Crippen LogP contribution is 2.34. The molecule has 25 heavy (non-hydrogen) atoms. The minimum Gasteiger partial charge on any atom is -0.429 e. The largest absolute Gasteiger partial charge is 0.429 e. The van der Waals surface area contributed by atoms with Gasteiger partial charge in [0.1, 0.15) is 17.1 Å². The van der Waals surface area contributed by atoms with Gasteiger partial charge in [-0.2, -0.15) is 0 Å². The van der Waals surface area contributed by atoms with Gasteiger partial charge in [-0.1, -0.05) is 22.9 Å². The second-order valence-corrected chi connectivity index (χ2v) is 6.76. The average Bonchev–Trinajstić information content (AvgIpc) is 3.18. The molecule has 3 N–H and O–H groups in total. The van der Waals surface area contributed by atoms with Gasteiger partial charge in [-0.3, -0.25) is 9.36 Å². The molecule has 7 nitrogen and oxygen atoms in total. The number of ether oxygens (including phenoxy) is 1. The summed E-state index contributed by atoms with van der Waals surface area (Å²) in [5, 5.41) is 4.50. The van der Waals surface area contributed by atoms with Gasteiger partial charge in [0.2, 0.25) is 5.91 Å². The van der Waals surface area contributed by atoms with Crippen LogP contribution in [0.25, 0.3) is 5.00 Å². The highest BCUT2D eigenvalue weighted by atomic mass is 35.5. The van der Waals surface area contributed by atoms with Crippen LogP contribution in [0.4, 0.5) is 5.69 Å². The summed E-state index contributed by atoms with van der Waals surface area (Å²) in [7, 11) is 0. The molecule has 0 spiro atoms. The number of thiazole rings is 1. The van der Waals surface area contributed by atoms with E-state index >= 15 is 0 Å². The van der Waals surface area contributed by atoms with Crippen molar-refractivity contribution in [3.63, 3.8) is 0 Å². The van der Waals surface area contributed by atoms with Crippen LogP contribution >= 0.6 is 22.9 Å². The van der Waals surface area contributed by atoms with E-state index in [4.69, 9.17) is 22.1 Å². The molecule has 0 saturated carbocycles. The van der Waals surface area contributed by atoms with E-state index in [1.165, 1.54) is 18.3 Å². The third-order valence-electron chi connectivity index (χ3n) is 3.35. The Morgan fingerprint density at radius 1 is 1.44 bits per heavy atom. The van der Waals surface area contributed by atoms with Gasteiger partial charge in [0, 0.05) is 18.8 Å². The van der Waals surface area contributed by atoms with Gasteiger partial charge in [0.25, 0.3) is 5.19 Å². The third-order valence-corrected chi connectivity index (χ3v) is 4.53. The molecule has 0 aliphatic heterocycles. The number of carbonyl (C=O) groups is 1. The first-order chi connectivity index (χ1) is 11.9. The summed E-state index contributed by atoms with van der Waals surface area (Å²) in [4.78, 5) is 19.7. The second kappa shape index (κ2) is 7.12. The molecule has 2 aromatic heterocycles. The number of nitrogen functional groups attached to an aromatic ring is 1. The van der Waals surface area contributed by atoms with Gasteiger partial charge in [-0.15, -0.1) is 0 Å². The first-order valence-corrected chi connectivity index (χ1v) is 8.62. The third kappa shape index (κ3) is 4.09. The molecule has 0 bridgehead atoms. The van der Waals surface area contributed by atoms with E-state index in [2.05, 4.69) is 15.3 Å². The van der Waals surface area contributed by atoms with Crippen LogP contribution in [0, 0.1) is 0 Å². The number of aromatic nitrogens is 3. The van der Waals surface area contributed by atoms with E-state index in [0.717, 1.165) is 10.7 Å². The lowest BCUT2D eigenvalue weighted by Gasteiger charge is -2.08. The predicted molar refractivity (Wildman–Crippen MR) is 97.4 cm³/mol. The number of anilines is 1. The molecule has 0 aliphatic carbocycles. The van der Waals surface area contributed by atoms with Gasteiger partial charge >= 0.3 is 0 Å². The molecule has 3 rings (SSSR count). The van der Waals surface area contributed by atoms with Gasteiger partial charge in [-0.05, 0) is 25.1 Å². The monoisotopic (exact) mass is 377 g/mol. The van der Waals surface area contributed by atoms with Gasteiger partial charge in [0.15, 0.2) is 0 Å². The second-order valence-electron chi connectivity index (χ2n) is 5.38. The van der Waals surface area contributed by atoms with E-state index < -0.39 is 0 Å². The number of hydrogen-bond acceptors (Lipinski definition) is 6. The molecule has 1 aromatic carbocycles. The molecule has 0 fully saturated rings. The van der Waals surface area contributed by atoms with Crippen LogP contribution in [-0.2, 0) is 4.79 Å². The lowest BCUT2D eigenvalue weighted by atomic mass is 10.2. The molecule has 1 unspecified atom stereocenters. The topological polar surface area (TPSA) is 95.1 Å². The Hall–Kier alpha value is -2.58. The Labute approximate surface area is 153 Å². The highest BCUT2D eigenvalue weighted by Gasteiger charge is 2.13. The first-order valence-electron chi connectivity index (χ1n) is 7.42. The summed E-state index contributed by atoms with van der Waals surface area (Å²) in [6.45, 7) is 3.35. The van der Waals surface area contributed by atoms with Crippen molar-refractivity contribution in [3.05, 3.63) is 47.6 Å². The van der Waals surface area contributed by atoms with Crippen molar-refractivity contribution < 1.29 is 9.53 Å². The molecule has 1 amide bonds. The minimum absolute atomic E-state index is 0.101. The average molecular weight is 378 g/mol. The van der Waals surface area contributed by atoms with Crippen LogP contribution in [0.15, 0.2) is 36.9 Å². The van der Waals surface area contributed by atoms with Crippen molar-refractivity contribution in [2.24, 2.45) is 0 Å². The summed E-state index contributed by atoms with van der Waals surface area (Å²) < 4.78 is 7.52. The number of benzene rings is 1. The molecule has 9 heteroatoms. The van der Waals surface area contributed by atoms with Crippen molar-refractivity contribution in [1.29, 1.82) is 0 Å². The van der Waals surface area contributed by atoms with E-state index in [0.29, 0.717) is 21.7 Å². The minimum atomic E-state index is -0.170. The maximum atomic E-state index is 11.1. The quantitative estimate of drug-likeness (QED) is 0.663. The number of carbonyl (C=O) groups excluding carboxylic acids is 1. The zero-order valence-electron chi connectivity index (χ0n) is 13.6. The number of nitrogens with two attached hydrogens (primary N) is 1. The Kier molecular flexibility index (Phi) is 4.91. The van der Waals surface area contributed by atoms with Crippen LogP contribution in [0.1, 0.15) is 25.6 Å². The number of nitrogens with one attached hydrogen (secondary N) is 1. The van der Waals surface area contributed by atoms with Crippen molar-refractivity contribution >= 4 is 34.5 Å². The van der Waals surface area contributed by atoms with Gasteiger partial charge < -0.3 is 15.8 Å². The SMILES string of the molecule is CC(=O)NC(C)c1cn(-c2cnc(Oc3ccc(N)cc3Cl)s2)cn1. The molecule has 130 valence electrons. The molecule has 2 heterocycles. The van der Waals surface area contributed by atoms with Crippen molar-refractivity contribution in [2.45, 2.75) is 19.9 Å². The fourth-order valence-corrected chi connectivity index (χ4v) is 3.13. The highest BCUT2D eigenvalue weighted by molar-refractivity contribution is 7.15. The summed E-state index contributed by atoms with van der Waals surface area (Å²) >= 11 is 7.45. The summed E-state index contributed by atoms with van der Waals surface area (Å²) in [6, 6.07) is 4.86. The number of rotatable bonds is 5. The van der Waals surface area contributed by atoms with E-state index in [9.17, 15) is 4.79 Å². The number of halogens is 1. The molecule has 0 saturated heterocycles. The van der Waals surface area contributed by atoms with E-state index in [1.54, 1.807) is 30.7 Å². The number of amides is 1. The van der Waals surface area contributed by atoms with Crippen LogP contribution in [0.5, 0.6) is 10.9 Å². The fraction of sp³-hybridized carbons (Fsp3) is 0.188. The summed E-state index contributed by atoms with van der Waals surface area (Å²) in [5.41, 5.74) is 6.99. The van der Waals surface area contributed by atoms with Gasteiger partial charge in [0.05, 0.1) is 23.0 Å². The maximum absolute atomic E-state index is 11.1. The van der Waals surface area contributed by atoms with Crippen LogP contribution in [0.3, 0.4) is 0 Å². The molecule has 3 aromatic rings. The van der Waals surface area contributed by atoms with Crippen molar-refractivity contribution in [1.82, 2.24) is 19.9 Å². The van der Waals surface area contributed by atoms with Crippen molar-refractivity contribution in [3.8, 4) is 15.9 Å². The zero-order chi connectivity index (χ0) is 18.0. The van der Waals surface area contributed by atoms with Gasteiger partial charge in [-0.25, -0.2) is 9.97 Å². The Morgan fingerprint density at radius 3 is 2.96 bits per heavy atom. The Balaban J connectivity index is 1.75. The van der Waals surface area contributed by atoms with E-state index in [-0.39, 0.29) is 11.9 Å². The molecule has 1 atom stereocenters. The molecule has 0 aliphatic rings. The number of imidazole rings is 1. The molecule has 0 radical (unpaired) electrons. The summed E-state index contributed by atoms with van der Waals surface area (Å²) in [6.07, 6.45) is 5.19. The zero-order valence-corrected chi connectivity index (χ0v) is 15.1. The molecular weight excluding hydrogens is 362 g/mol.